The normalized spacial score (nSPS) is 12.1. The van der Waals surface area contributed by atoms with Crippen molar-refractivity contribution in [3.05, 3.63) is 140 Å². The maximum atomic E-state index is 6.51. The molecule has 3 nitrogen and oxygen atoms in total. The van der Waals surface area contributed by atoms with Crippen LogP contribution in [-0.2, 0) is 0 Å². The van der Waals surface area contributed by atoms with Crippen molar-refractivity contribution in [1.29, 1.82) is 0 Å². The molecule has 0 bridgehead atoms. The Bertz CT molecular complexity index is 2750. The van der Waals surface area contributed by atoms with E-state index in [2.05, 4.69) is 132 Å². The lowest BCUT2D eigenvalue weighted by Crippen LogP contribution is -2.09. The number of fused-ring (bicyclic) bond motifs is 11. The number of anilines is 3. The first-order valence-corrected chi connectivity index (χ1v) is 15.6. The highest BCUT2D eigenvalue weighted by molar-refractivity contribution is 7.25. The van der Waals surface area contributed by atoms with E-state index in [9.17, 15) is 0 Å². The second kappa shape index (κ2) is 8.96. The van der Waals surface area contributed by atoms with E-state index in [4.69, 9.17) is 8.83 Å². The van der Waals surface area contributed by atoms with Gasteiger partial charge in [0.1, 0.15) is 22.3 Å². The average Bonchev–Trinajstić information content (AvgIpc) is 3.75. The van der Waals surface area contributed by atoms with Crippen molar-refractivity contribution < 1.29 is 8.83 Å². The summed E-state index contributed by atoms with van der Waals surface area (Å²) < 4.78 is 15.3. The minimum Gasteiger partial charge on any atom is -0.456 e. The third-order valence-electron chi connectivity index (χ3n) is 8.84. The number of thiophene rings is 1. The minimum atomic E-state index is 0.872. The minimum absolute atomic E-state index is 0.872. The SMILES string of the molecule is c1ccc2c(c1)ccc1oc3cc(N(c4ccc5c(c4)sc4ccccc45)c4ccc5oc6ccccc6c5c4)ccc3c12. The Morgan fingerprint density at radius 3 is 1.95 bits per heavy atom. The Labute approximate surface area is 255 Å². The molecule has 0 atom stereocenters. The van der Waals surface area contributed by atoms with Gasteiger partial charge in [-0.25, -0.2) is 0 Å². The van der Waals surface area contributed by atoms with Crippen LogP contribution in [0, 0.1) is 0 Å². The summed E-state index contributed by atoms with van der Waals surface area (Å²) >= 11 is 1.84. The quantitative estimate of drug-likeness (QED) is 0.208. The Morgan fingerprint density at radius 2 is 1.02 bits per heavy atom. The smallest absolute Gasteiger partial charge is 0.137 e. The second-order valence-electron chi connectivity index (χ2n) is 11.3. The monoisotopic (exact) mass is 581 g/mol. The lowest BCUT2D eigenvalue weighted by Gasteiger charge is -2.25. The van der Waals surface area contributed by atoms with Gasteiger partial charge >= 0.3 is 0 Å². The van der Waals surface area contributed by atoms with Crippen molar-refractivity contribution in [2.45, 2.75) is 0 Å². The van der Waals surface area contributed by atoms with Gasteiger partial charge in [-0.15, -0.1) is 11.3 Å². The van der Waals surface area contributed by atoms with Crippen molar-refractivity contribution in [3.8, 4) is 0 Å². The fraction of sp³-hybridized carbons (Fsp3) is 0. The highest BCUT2D eigenvalue weighted by atomic mass is 32.1. The van der Waals surface area contributed by atoms with Gasteiger partial charge in [-0.05, 0) is 71.4 Å². The molecule has 0 saturated carbocycles. The average molecular weight is 582 g/mol. The fourth-order valence-corrected chi connectivity index (χ4v) is 7.97. The van der Waals surface area contributed by atoms with E-state index < -0.39 is 0 Å². The summed E-state index contributed by atoms with van der Waals surface area (Å²) in [6, 6.07) is 49.5. The van der Waals surface area contributed by atoms with E-state index >= 15 is 0 Å². The Hall–Kier alpha value is -5.58. The predicted octanol–water partition coefficient (Wildman–Crippen LogP) is 12.5. The number of nitrogens with zero attached hydrogens (tertiary/aromatic N) is 1. The van der Waals surface area contributed by atoms with Crippen LogP contribution in [0.3, 0.4) is 0 Å². The van der Waals surface area contributed by atoms with Crippen LogP contribution in [0.5, 0.6) is 0 Å². The number of benzene rings is 7. The maximum absolute atomic E-state index is 6.51. The molecule has 4 heteroatoms. The molecule has 0 aliphatic carbocycles. The first-order valence-electron chi connectivity index (χ1n) is 14.8. The van der Waals surface area contributed by atoms with E-state index in [0.717, 1.165) is 60.9 Å². The number of para-hydroxylation sites is 1. The van der Waals surface area contributed by atoms with Crippen LogP contribution >= 0.6 is 11.3 Å². The second-order valence-corrected chi connectivity index (χ2v) is 12.4. The molecule has 0 unspecified atom stereocenters. The molecule has 3 aromatic heterocycles. The summed E-state index contributed by atoms with van der Waals surface area (Å²) in [4.78, 5) is 2.33. The van der Waals surface area contributed by atoms with Crippen molar-refractivity contribution in [2.75, 3.05) is 4.90 Å². The topological polar surface area (TPSA) is 29.5 Å². The van der Waals surface area contributed by atoms with Gasteiger partial charge in [0, 0.05) is 64.8 Å². The molecule has 7 aromatic carbocycles. The third-order valence-corrected chi connectivity index (χ3v) is 9.98. The molecule has 0 aliphatic rings. The highest BCUT2D eigenvalue weighted by Gasteiger charge is 2.19. The molecule has 0 radical (unpaired) electrons. The summed E-state index contributed by atoms with van der Waals surface area (Å²) in [5.74, 6) is 0. The van der Waals surface area contributed by atoms with Gasteiger partial charge in [-0.2, -0.15) is 0 Å². The zero-order valence-corrected chi connectivity index (χ0v) is 24.3. The van der Waals surface area contributed by atoms with E-state index in [1.54, 1.807) is 0 Å². The third kappa shape index (κ3) is 3.43. The van der Waals surface area contributed by atoms with Gasteiger partial charge in [-0.3, -0.25) is 0 Å². The first-order chi connectivity index (χ1) is 21.8. The molecule has 206 valence electrons. The summed E-state index contributed by atoms with van der Waals surface area (Å²) in [7, 11) is 0. The van der Waals surface area contributed by atoms with E-state index in [-0.39, 0.29) is 0 Å². The standard InChI is InChI=1S/C40H23NO2S/c1-2-8-28-24(7-1)13-19-36-40(28)32-18-15-26(22-37(32)43-36)41(25-16-20-35-33(21-25)29-9-3-5-11-34(29)42-35)27-14-17-31-30-10-4-6-12-38(30)44-39(31)23-27/h1-23H. The summed E-state index contributed by atoms with van der Waals surface area (Å²) in [5, 5.41) is 9.50. The van der Waals surface area contributed by atoms with Crippen LogP contribution in [0.25, 0.3) is 74.8 Å². The van der Waals surface area contributed by atoms with Gasteiger partial charge in [0.05, 0.1) is 0 Å². The molecular weight excluding hydrogens is 559 g/mol. The van der Waals surface area contributed by atoms with Crippen molar-refractivity contribution in [2.24, 2.45) is 0 Å². The lowest BCUT2D eigenvalue weighted by molar-refractivity contribution is 0.668. The lowest BCUT2D eigenvalue weighted by atomic mass is 10.0. The highest BCUT2D eigenvalue weighted by Crippen LogP contribution is 2.44. The van der Waals surface area contributed by atoms with Gasteiger partial charge in [0.25, 0.3) is 0 Å². The Morgan fingerprint density at radius 1 is 0.386 bits per heavy atom. The molecule has 0 fully saturated rings. The van der Waals surface area contributed by atoms with Gasteiger partial charge < -0.3 is 13.7 Å². The van der Waals surface area contributed by atoms with E-state index in [1.165, 1.54) is 30.9 Å². The van der Waals surface area contributed by atoms with Crippen LogP contribution in [-0.4, -0.2) is 0 Å². The van der Waals surface area contributed by atoms with Crippen LogP contribution in [0.1, 0.15) is 0 Å². The van der Waals surface area contributed by atoms with Crippen molar-refractivity contribution >= 4 is 103 Å². The molecule has 44 heavy (non-hydrogen) atoms. The van der Waals surface area contributed by atoms with E-state index in [0.29, 0.717) is 0 Å². The summed E-state index contributed by atoms with van der Waals surface area (Å²) in [6.07, 6.45) is 0. The van der Waals surface area contributed by atoms with Crippen LogP contribution in [0.15, 0.2) is 148 Å². The number of furan rings is 2. The molecule has 0 aliphatic heterocycles. The van der Waals surface area contributed by atoms with Gasteiger partial charge in [0.2, 0.25) is 0 Å². The summed E-state index contributed by atoms with van der Waals surface area (Å²) in [6.45, 7) is 0. The molecular formula is C40H23NO2S. The predicted molar refractivity (Wildman–Crippen MR) is 186 cm³/mol. The first kappa shape index (κ1) is 23.9. The molecule has 0 spiro atoms. The molecule has 3 heterocycles. The molecule has 10 aromatic rings. The van der Waals surface area contributed by atoms with Crippen LogP contribution < -0.4 is 4.90 Å². The number of hydrogen-bond donors (Lipinski definition) is 0. The Balaban J connectivity index is 1.22. The molecule has 0 amide bonds. The van der Waals surface area contributed by atoms with Crippen molar-refractivity contribution in [3.63, 3.8) is 0 Å². The molecule has 0 N–H and O–H groups in total. The summed E-state index contributed by atoms with van der Waals surface area (Å²) in [5.41, 5.74) is 6.75. The zero-order chi connectivity index (χ0) is 28.8. The number of hydrogen-bond acceptors (Lipinski definition) is 4. The fourth-order valence-electron chi connectivity index (χ4n) is 6.83. The molecule has 10 rings (SSSR count). The van der Waals surface area contributed by atoms with E-state index in [1.807, 2.05) is 23.5 Å². The van der Waals surface area contributed by atoms with Crippen molar-refractivity contribution in [1.82, 2.24) is 0 Å². The largest absolute Gasteiger partial charge is 0.456 e. The van der Waals surface area contributed by atoms with Crippen LogP contribution in [0.4, 0.5) is 17.1 Å². The van der Waals surface area contributed by atoms with Gasteiger partial charge in [-0.1, -0.05) is 72.8 Å². The van der Waals surface area contributed by atoms with Gasteiger partial charge in [0.15, 0.2) is 0 Å². The zero-order valence-electron chi connectivity index (χ0n) is 23.5. The Kier molecular flexibility index (Phi) is 4.87. The number of rotatable bonds is 3. The molecule has 0 saturated heterocycles. The maximum Gasteiger partial charge on any atom is 0.137 e. The van der Waals surface area contributed by atoms with Crippen LogP contribution in [0.2, 0.25) is 0 Å².